The molecule has 0 aromatic heterocycles. The number of hydrogen-bond acceptors (Lipinski definition) is 5. The van der Waals surface area contributed by atoms with E-state index in [0.29, 0.717) is 17.0 Å². The molecule has 0 bridgehead atoms. The van der Waals surface area contributed by atoms with Gasteiger partial charge in [0.25, 0.3) is 5.91 Å². The summed E-state index contributed by atoms with van der Waals surface area (Å²) in [5.74, 6) is -0.244. The van der Waals surface area contributed by atoms with E-state index in [9.17, 15) is 9.59 Å². The monoisotopic (exact) mass is 266 g/mol. The lowest BCUT2D eigenvalue weighted by Gasteiger charge is -2.16. The number of carbonyl (C=O) groups excluding carboxylic acids is 2. The van der Waals surface area contributed by atoms with Crippen LogP contribution >= 0.6 is 0 Å². The standard InChI is InChI=1S/C13H18N2O4/c1-4-19-12(16)8-15(2)13(17)9-5-6-11(18-3)10(14)7-9/h5-7H,4,8,14H2,1-3H3. The number of nitrogen functional groups attached to an aromatic ring is 1. The van der Waals surface area contributed by atoms with Crippen molar-refractivity contribution in [2.24, 2.45) is 0 Å². The van der Waals surface area contributed by atoms with Crippen molar-refractivity contribution in [1.29, 1.82) is 0 Å². The van der Waals surface area contributed by atoms with Crippen molar-refractivity contribution in [2.45, 2.75) is 6.92 Å². The molecule has 0 saturated carbocycles. The molecule has 0 radical (unpaired) electrons. The Kier molecular flexibility index (Phi) is 5.17. The van der Waals surface area contributed by atoms with Crippen LogP contribution in [0, 0.1) is 0 Å². The highest BCUT2D eigenvalue weighted by Crippen LogP contribution is 2.22. The molecule has 0 spiro atoms. The molecule has 0 unspecified atom stereocenters. The Balaban J connectivity index is 2.77. The second kappa shape index (κ2) is 6.63. The summed E-state index contributed by atoms with van der Waals surface area (Å²) >= 11 is 0. The van der Waals surface area contributed by atoms with E-state index in [0.717, 1.165) is 0 Å². The maximum absolute atomic E-state index is 12.1. The van der Waals surface area contributed by atoms with Gasteiger partial charge in [-0.05, 0) is 25.1 Å². The van der Waals surface area contributed by atoms with Gasteiger partial charge in [0.2, 0.25) is 0 Å². The highest BCUT2D eigenvalue weighted by molar-refractivity contribution is 5.96. The molecular formula is C13H18N2O4. The summed E-state index contributed by atoms with van der Waals surface area (Å²) in [4.78, 5) is 24.6. The fourth-order valence-corrected chi connectivity index (χ4v) is 1.56. The summed E-state index contributed by atoms with van der Waals surface area (Å²) in [5.41, 5.74) is 6.50. The van der Waals surface area contributed by atoms with Crippen LogP contribution in [0.2, 0.25) is 0 Å². The molecule has 0 fully saturated rings. The van der Waals surface area contributed by atoms with E-state index in [2.05, 4.69) is 0 Å². The van der Waals surface area contributed by atoms with Crippen LogP contribution in [0.3, 0.4) is 0 Å². The van der Waals surface area contributed by atoms with Gasteiger partial charge in [0.15, 0.2) is 0 Å². The zero-order valence-electron chi connectivity index (χ0n) is 11.3. The molecule has 6 nitrogen and oxygen atoms in total. The lowest BCUT2D eigenvalue weighted by Crippen LogP contribution is -2.33. The van der Waals surface area contributed by atoms with E-state index in [1.54, 1.807) is 19.1 Å². The van der Waals surface area contributed by atoms with E-state index in [4.69, 9.17) is 15.2 Å². The maximum atomic E-state index is 12.1. The van der Waals surface area contributed by atoms with E-state index < -0.39 is 5.97 Å². The van der Waals surface area contributed by atoms with E-state index in [1.165, 1.54) is 25.1 Å². The first-order valence-corrected chi connectivity index (χ1v) is 5.84. The minimum absolute atomic E-state index is 0.0986. The van der Waals surface area contributed by atoms with Gasteiger partial charge < -0.3 is 20.1 Å². The van der Waals surface area contributed by atoms with Gasteiger partial charge in [0.05, 0.1) is 19.4 Å². The smallest absolute Gasteiger partial charge is 0.325 e. The molecule has 2 N–H and O–H groups in total. The minimum Gasteiger partial charge on any atom is -0.495 e. The summed E-state index contributed by atoms with van der Waals surface area (Å²) in [6.45, 7) is 1.90. The lowest BCUT2D eigenvalue weighted by molar-refractivity contribution is -0.143. The summed E-state index contributed by atoms with van der Waals surface area (Å²) < 4.78 is 9.79. The van der Waals surface area contributed by atoms with Gasteiger partial charge in [-0.3, -0.25) is 9.59 Å². The van der Waals surface area contributed by atoms with Crippen molar-refractivity contribution >= 4 is 17.6 Å². The first-order chi connectivity index (χ1) is 8.99. The molecule has 19 heavy (non-hydrogen) atoms. The number of nitrogens with two attached hydrogens (primary N) is 1. The van der Waals surface area contributed by atoms with Crippen LogP contribution in [0.25, 0.3) is 0 Å². The van der Waals surface area contributed by atoms with Gasteiger partial charge in [0, 0.05) is 12.6 Å². The van der Waals surface area contributed by atoms with Crippen molar-refractivity contribution < 1.29 is 19.1 Å². The Morgan fingerprint density at radius 1 is 1.37 bits per heavy atom. The Bertz CT molecular complexity index is 474. The fourth-order valence-electron chi connectivity index (χ4n) is 1.56. The third-order valence-corrected chi connectivity index (χ3v) is 2.49. The van der Waals surface area contributed by atoms with E-state index in [1.807, 2.05) is 0 Å². The number of rotatable bonds is 5. The minimum atomic E-state index is -0.445. The van der Waals surface area contributed by atoms with Crippen LogP contribution in [-0.2, 0) is 9.53 Å². The van der Waals surface area contributed by atoms with Gasteiger partial charge in [-0.25, -0.2) is 0 Å². The molecule has 1 aromatic rings. The summed E-state index contributed by atoms with van der Waals surface area (Å²) in [6.07, 6.45) is 0. The molecular weight excluding hydrogens is 248 g/mol. The number of benzene rings is 1. The number of anilines is 1. The average Bonchev–Trinajstić information content (AvgIpc) is 2.37. The molecule has 0 saturated heterocycles. The van der Waals surface area contributed by atoms with Gasteiger partial charge in [-0.1, -0.05) is 0 Å². The van der Waals surface area contributed by atoms with Crippen LogP contribution in [0.15, 0.2) is 18.2 Å². The van der Waals surface area contributed by atoms with Gasteiger partial charge >= 0.3 is 5.97 Å². The molecule has 1 amide bonds. The average molecular weight is 266 g/mol. The van der Waals surface area contributed by atoms with Crippen molar-refractivity contribution in [2.75, 3.05) is 33.0 Å². The first-order valence-electron chi connectivity index (χ1n) is 5.84. The number of ether oxygens (including phenoxy) is 2. The number of hydrogen-bond donors (Lipinski definition) is 1. The Morgan fingerprint density at radius 3 is 2.58 bits per heavy atom. The van der Waals surface area contributed by atoms with E-state index in [-0.39, 0.29) is 19.1 Å². The highest BCUT2D eigenvalue weighted by atomic mass is 16.5. The van der Waals surface area contributed by atoms with Crippen molar-refractivity contribution in [1.82, 2.24) is 4.90 Å². The molecule has 0 atom stereocenters. The molecule has 0 aliphatic rings. The number of nitrogens with zero attached hydrogens (tertiary/aromatic N) is 1. The Labute approximate surface area is 112 Å². The van der Waals surface area contributed by atoms with Crippen LogP contribution in [0.1, 0.15) is 17.3 Å². The van der Waals surface area contributed by atoms with Crippen molar-refractivity contribution in [3.8, 4) is 5.75 Å². The molecule has 0 aliphatic heterocycles. The molecule has 0 aliphatic carbocycles. The van der Waals surface area contributed by atoms with Crippen LogP contribution < -0.4 is 10.5 Å². The van der Waals surface area contributed by atoms with Gasteiger partial charge in [-0.15, -0.1) is 0 Å². The van der Waals surface area contributed by atoms with Crippen LogP contribution in [0.4, 0.5) is 5.69 Å². The fraction of sp³-hybridized carbons (Fsp3) is 0.385. The molecule has 1 aromatic carbocycles. The third-order valence-electron chi connectivity index (χ3n) is 2.49. The number of esters is 1. The summed E-state index contributed by atoms with van der Waals surface area (Å²) in [5, 5.41) is 0. The zero-order chi connectivity index (χ0) is 14.4. The number of methoxy groups -OCH3 is 1. The third kappa shape index (κ3) is 3.87. The molecule has 104 valence electrons. The number of amides is 1. The van der Waals surface area contributed by atoms with Crippen molar-refractivity contribution in [3.63, 3.8) is 0 Å². The predicted octanol–water partition coefficient (Wildman–Crippen LogP) is 0.912. The second-order valence-electron chi connectivity index (χ2n) is 3.92. The number of carbonyl (C=O) groups is 2. The molecule has 1 rings (SSSR count). The SMILES string of the molecule is CCOC(=O)CN(C)C(=O)c1ccc(OC)c(N)c1. The second-order valence-corrected chi connectivity index (χ2v) is 3.92. The molecule has 0 heterocycles. The summed E-state index contributed by atoms with van der Waals surface area (Å²) in [6, 6.07) is 4.72. The first kappa shape index (κ1) is 14.8. The largest absolute Gasteiger partial charge is 0.495 e. The Morgan fingerprint density at radius 2 is 2.05 bits per heavy atom. The normalized spacial score (nSPS) is 9.84. The van der Waals surface area contributed by atoms with Gasteiger partial charge in [-0.2, -0.15) is 0 Å². The predicted molar refractivity (Wildman–Crippen MR) is 71.0 cm³/mol. The Hall–Kier alpha value is -2.24. The van der Waals surface area contributed by atoms with Crippen molar-refractivity contribution in [3.05, 3.63) is 23.8 Å². The zero-order valence-corrected chi connectivity index (χ0v) is 11.3. The molecule has 6 heteroatoms. The topological polar surface area (TPSA) is 81.9 Å². The number of likely N-dealkylation sites (N-methyl/N-ethyl adjacent to an activating group) is 1. The van der Waals surface area contributed by atoms with E-state index >= 15 is 0 Å². The lowest BCUT2D eigenvalue weighted by atomic mass is 10.1. The summed E-state index contributed by atoms with van der Waals surface area (Å²) in [7, 11) is 3.03. The maximum Gasteiger partial charge on any atom is 0.325 e. The van der Waals surface area contributed by atoms with Crippen LogP contribution in [0.5, 0.6) is 5.75 Å². The quantitative estimate of drug-likeness (QED) is 0.633. The highest BCUT2D eigenvalue weighted by Gasteiger charge is 2.16. The van der Waals surface area contributed by atoms with Crippen LogP contribution in [-0.4, -0.2) is 44.1 Å². The van der Waals surface area contributed by atoms with Gasteiger partial charge in [0.1, 0.15) is 12.3 Å².